The van der Waals surface area contributed by atoms with E-state index < -0.39 is 5.97 Å². The van der Waals surface area contributed by atoms with Crippen molar-refractivity contribution in [2.24, 2.45) is 7.05 Å². The SMILES string of the molecule is Cc1cn(C)c(=O)n1-c1ccccc1-c1cc(C(=O)O)[nH]n1. The summed E-state index contributed by atoms with van der Waals surface area (Å²) in [6.07, 6.45) is 1.74. The summed E-state index contributed by atoms with van der Waals surface area (Å²) in [7, 11) is 1.69. The van der Waals surface area contributed by atoms with E-state index in [-0.39, 0.29) is 11.4 Å². The smallest absolute Gasteiger partial charge is 0.353 e. The fourth-order valence-corrected chi connectivity index (χ4v) is 2.45. The first-order valence-electron chi connectivity index (χ1n) is 6.62. The van der Waals surface area contributed by atoms with Gasteiger partial charge in [0.15, 0.2) is 0 Å². The molecule has 0 spiro atoms. The van der Waals surface area contributed by atoms with Crippen molar-refractivity contribution in [2.75, 3.05) is 0 Å². The van der Waals surface area contributed by atoms with E-state index in [2.05, 4.69) is 10.2 Å². The molecule has 0 unspecified atom stereocenters. The number of nitrogens with zero attached hydrogens (tertiary/aromatic N) is 3. The Balaban J connectivity index is 2.22. The van der Waals surface area contributed by atoms with Gasteiger partial charge in [-0.25, -0.2) is 9.59 Å². The summed E-state index contributed by atoms with van der Waals surface area (Å²) in [5.41, 5.74) is 2.44. The number of aromatic carboxylic acids is 1. The molecular formula is C15H14N4O3. The highest BCUT2D eigenvalue weighted by Gasteiger charge is 2.16. The molecule has 0 atom stereocenters. The van der Waals surface area contributed by atoms with Crippen molar-refractivity contribution in [3.05, 3.63) is 58.4 Å². The Morgan fingerprint density at radius 1 is 1.32 bits per heavy atom. The lowest BCUT2D eigenvalue weighted by Crippen LogP contribution is -2.21. The Morgan fingerprint density at radius 2 is 2.05 bits per heavy atom. The summed E-state index contributed by atoms with van der Waals surface area (Å²) in [5, 5.41) is 15.5. The highest BCUT2D eigenvalue weighted by Crippen LogP contribution is 2.25. The maximum Gasteiger partial charge on any atom is 0.353 e. The second kappa shape index (κ2) is 5.03. The monoisotopic (exact) mass is 298 g/mol. The second-order valence-electron chi connectivity index (χ2n) is 4.99. The van der Waals surface area contributed by atoms with Crippen LogP contribution in [0.15, 0.2) is 41.3 Å². The number of hydrogen-bond donors (Lipinski definition) is 2. The first kappa shape index (κ1) is 13.9. The molecule has 0 aliphatic heterocycles. The van der Waals surface area contributed by atoms with Crippen LogP contribution in [0.1, 0.15) is 16.2 Å². The van der Waals surface area contributed by atoms with Crippen LogP contribution in [0.5, 0.6) is 0 Å². The van der Waals surface area contributed by atoms with Gasteiger partial charge in [0.2, 0.25) is 0 Å². The Morgan fingerprint density at radius 3 is 2.64 bits per heavy atom. The van der Waals surface area contributed by atoms with E-state index in [1.807, 2.05) is 19.1 Å². The summed E-state index contributed by atoms with van der Waals surface area (Å²) in [6, 6.07) is 8.69. The summed E-state index contributed by atoms with van der Waals surface area (Å²) >= 11 is 0. The third-order valence-electron chi connectivity index (χ3n) is 3.46. The van der Waals surface area contributed by atoms with Gasteiger partial charge in [-0.3, -0.25) is 9.67 Å². The number of aromatic nitrogens is 4. The van der Waals surface area contributed by atoms with E-state index in [9.17, 15) is 9.59 Å². The topological polar surface area (TPSA) is 92.9 Å². The van der Waals surface area contributed by atoms with E-state index in [4.69, 9.17) is 5.11 Å². The van der Waals surface area contributed by atoms with Crippen LogP contribution in [0.4, 0.5) is 0 Å². The van der Waals surface area contributed by atoms with Crippen LogP contribution in [0.2, 0.25) is 0 Å². The average Bonchev–Trinajstić information content (AvgIpc) is 3.06. The minimum atomic E-state index is -1.08. The van der Waals surface area contributed by atoms with Gasteiger partial charge in [-0.2, -0.15) is 5.10 Å². The first-order chi connectivity index (χ1) is 10.5. The van der Waals surface area contributed by atoms with Gasteiger partial charge in [0.05, 0.1) is 11.4 Å². The molecule has 0 fully saturated rings. The summed E-state index contributed by atoms with van der Waals surface area (Å²) in [4.78, 5) is 23.3. The molecule has 0 radical (unpaired) electrons. The standard InChI is InChI=1S/C15H14N4O3/c1-9-8-18(2)15(22)19(9)13-6-4-3-5-10(13)11-7-12(14(20)21)17-16-11/h3-8H,1-2H3,(H,16,17)(H,20,21). The van der Waals surface area contributed by atoms with Crippen molar-refractivity contribution < 1.29 is 9.90 Å². The highest BCUT2D eigenvalue weighted by molar-refractivity contribution is 5.87. The molecule has 2 N–H and O–H groups in total. The Bertz CT molecular complexity index is 917. The van der Waals surface area contributed by atoms with Crippen LogP contribution < -0.4 is 5.69 Å². The van der Waals surface area contributed by atoms with Gasteiger partial charge in [-0.1, -0.05) is 18.2 Å². The van der Waals surface area contributed by atoms with Gasteiger partial charge in [-0.15, -0.1) is 0 Å². The normalized spacial score (nSPS) is 10.8. The Kier molecular flexibility index (Phi) is 3.17. The molecule has 3 rings (SSSR count). The fraction of sp³-hybridized carbons (Fsp3) is 0.133. The number of hydrogen-bond acceptors (Lipinski definition) is 3. The molecule has 22 heavy (non-hydrogen) atoms. The predicted molar refractivity (Wildman–Crippen MR) is 80.3 cm³/mol. The zero-order chi connectivity index (χ0) is 15.9. The van der Waals surface area contributed by atoms with Crippen LogP contribution >= 0.6 is 0 Å². The van der Waals surface area contributed by atoms with E-state index in [0.717, 1.165) is 5.69 Å². The van der Waals surface area contributed by atoms with Gasteiger partial charge in [-0.05, 0) is 19.1 Å². The largest absolute Gasteiger partial charge is 0.477 e. The second-order valence-corrected chi connectivity index (χ2v) is 4.99. The molecule has 2 heterocycles. The van der Waals surface area contributed by atoms with Crippen molar-refractivity contribution in [1.29, 1.82) is 0 Å². The molecule has 3 aromatic rings. The number of H-pyrrole nitrogens is 1. The zero-order valence-corrected chi connectivity index (χ0v) is 12.1. The molecule has 0 amide bonds. The molecular weight excluding hydrogens is 284 g/mol. The highest BCUT2D eigenvalue weighted by atomic mass is 16.4. The number of aryl methyl sites for hydroxylation is 2. The lowest BCUT2D eigenvalue weighted by Gasteiger charge is -2.09. The van der Waals surface area contributed by atoms with E-state index in [1.54, 1.807) is 29.9 Å². The lowest BCUT2D eigenvalue weighted by atomic mass is 10.1. The quantitative estimate of drug-likeness (QED) is 0.767. The van der Waals surface area contributed by atoms with Crippen LogP contribution in [0.25, 0.3) is 16.9 Å². The minimum absolute atomic E-state index is 0.00179. The number of rotatable bonds is 3. The zero-order valence-electron chi connectivity index (χ0n) is 12.1. The molecule has 1 aromatic carbocycles. The molecule has 2 aromatic heterocycles. The van der Waals surface area contributed by atoms with Gasteiger partial charge < -0.3 is 9.67 Å². The summed E-state index contributed by atoms with van der Waals surface area (Å²) in [6.45, 7) is 1.84. The van der Waals surface area contributed by atoms with Crippen LogP contribution in [0.3, 0.4) is 0 Å². The van der Waals surface area contributed by atoms with Crippen molar-refractivity contribution in [1.82, 2.24) is 19.3 Å². The molecule has 112 valence electrons. The first-order valence-corrected chi connectivity index (χ1v) is 6.62. The molecule has 7 heteroatoms. The van der Waals surface area contributed by atoms with Gasteiger partial charge in [0.1, 0.15) is 5.69 Å². The Labute approximate surface area is 125 Å². The van der Waals surface area contributed by atoms with Crippen molar-refractivity contribution >= 4 is 5.97 Å². The van der Waals surface area contributed by atoms with E-state index >= 15 is 0 Å². The number of carbonyl (C=O) groups is 1. The van der Waals surface area contributed by atoms with Crippen LogP contribution in [0, 0.1) is 6.92 Å². The average molecular weight is 298 g/mol. The van der Waals surface area contributed by atoms with Crippen molar-refractivity contribution in [2.45, 2.75) is 6.92 Å². The van der Waals surface area contributed by atoms with Crippen molar-refractivity contribution in [3.63, 3.8) is 0 Å². The lowest BCUT2D eigenvalue weighted by molar-refractivity contribution is 0.0690. The molecule has 0 aliphatic rings. The number of benzene rings is 1. The number of carboxylic acids is 1. The number of para-hydroxylation sites is 1. The molecule has 0 saturated carbocycles. The number of nitrogens with one attached hydrogen (secondary N) is 1. The molecule has 7 nitrogen and oxygen atoms in total. The molecule has 0 bridgehead atoms. The van der Waals surface area contributed by atoms with Crippen LogP contribution in [-0.2, 0) is 7.05 Å². The number of imidazole rings is 1. The third-order valence-corrected chi connectivity index (χ3v) is 3.46. The minimum Gasteiger partial charge on any atom is -0.477 e. The third kappa shape index (κ3) is 2.12. The van der Waals surface area contributed by atoms with Gasteiger partial charge in [0, 0.05) is 24.5 Å². The maximum atomic E-state index is 12.3. The van der Waals surface area contributed by atoms with Gasteiger partial charge in [0.25, 0.3) is 0 Å². The molecule has 0 aliphatic carbocycles. The fourth-order valence-electron chi connectivity index (χ4n) is 2.45. The van der Waals surface area contributed by atoms with E-state index in [0.29, 0.717) is 16.9 Å². The number of carboxylic acid groups (broad SMARTS) is 1. The van der Waals surface area contributed by atoms with Crippen LogP contribution in [-0.4, -0.2) is 30.4 Å². The predicted octanol–water partition coefficient (Wildman–Crippen LogP) is 1.57. The Hall–Kier alpha value is -3.09. The van der Waals surface area contributed by atoms with Gasteiger partial charge >= 0.3 is 11.7 Å². The molecule has 0 saturated heterocycles. The maximum absolute atomic E-state index is 12.3. The van der Waals surface area contributed by atoms with E-state index in [1.165, 1.54) is 10.6 Å². The number of aromatic amines is 1. The summed E-state index contributed by atoms with van der Waals surface area (Å²) in [5.74, 6) is -1.08. The van der Waals surface area contributed by atoms with Crippen molar-refractivity contribution in [3.8, 4) is 16.9 Å². The summed E-state index contributed by atoms with van der Waals surface area (Å²) < 4.78 is 3.07.